The molecular formula is C18H19Cl2NO3S. The van der Waals surface area contributed by atoms with Gasteiger partial charge in [0.15, 0.2) is 6.61 Å². The number of rotatable bonds is 6. The first kappa shape index (κ1) is 18.5. The summed E-state index contributed by atoms with van der Waals surface area (Å²) in [5.41, 5.74) is 1.52. The summed E-state index contributed by atoms with van der Waals surface area (Å²) in [5.74, 6) is -0.754. The Hall–Kier alpha value is -1.30. The average Bonchev–Trinajstić information content (AvgIpc) is 2.93. The van der Waals surface area contributed by atoms with Crippen LogP contribution in [0.1, 0.15) is 40.0 Å². The van der Waals surface area contributed by atoms with Crippen LogP contribution < -0.4 is 0 Å². The molecule has 134 valence electrons. The highest BCUT2D eigenvalue weighted by Crippen LogP contribution is 2.64. The van der Waals surface area contributed by atoms with Crippen LogP contribution in [-0.2, 0) is 16.1 Å². The predicted molar refractivity (Wildman–Crippen MR) is 99.8 cm³/mol. The standard InChI is InChI=1S/C18H19Cl2NO3S/c1-11-7-14(12(2)21(11)8-13-5-4-6-25-13)15(22)9-24-16(23)17(3)10-18(17,19)20/h4-7H,8-10H2,1-3H3/t17-/m0/s1. The summed E-state index contributed by atoms with van der Waals surface area (Å²) in [4.78, 5) is 25.8. The minimum absolute atomic E-state index is 0.224. The molecule has 0 spiro atoms. The summed E-state index contributed by atoms with van der Waals surface area (Å²) in [7, 11) is 0. The molecule has 2 heterocycles. The summed E-state index contributed by atoms with van der Waals surface area (Å²) in [6.45, 7) is 5.93. The topological polar surface area (TPSA) is 48.3 Å². The molecule has 0 aliphatic heterocycles. The molecule has 1 atom stereocenters. The molecule has 4 nitrogen and oxygen atoms in total. The molecule has 1 aliphatic carbocycles. The zero-order chi connectivity index (χ0) is 18.4. The molecule has 0 N–H and O–H groups in total. The van der Waals surface area contributed by atoms with Gasteiger partial charge in [0, 0.05) is 28.2 Å². The number of thiophene rings is 1. The van der Waals surface area contributed by atoms with Crippen LogP contribution in [0.25, 0.3) is 0 Å². The number of ketones is 1. The normalized spacial score (nSPS) is 21.2. The van der Waals surface area contributed by atoms with Crippen molar-refractivity contribution in [1.82, 2.24) is 4.57 Å². The number of nitrogens with zero attached hydrogens (tertiary/aromatic N) is 1. The Bertz CT molecular complexity index is 826. The third-order valence-corrected chi connectivity index (χ3v) is 6.77. The van der Waals surface area contributed by atoms with Crippen LogP contribution in [0, 0.1) is 19.3 Å². The van der Waals surface area contributed by atoms with Gasteiger partial charge in [-0.25, -0.2) is 0 Å². The van der Waals surface area contributed by atoms with Crippen LogP contribution in [-0.4, -0.2) is 27.3 Å². The van der Waals surface area contributed by atoms with Crippen molar-refractivity contribution < 1.29 is 14.3 Å². The fourth-order valence-electron chi connectivity index (χ4n) is 2.87. The van der Waals surface area contributed by atoms with Gasteiger partial charge in [-0.2, -0.15) is 0 Å². The van der Waals surface area contributed by atoms with Crippen LogP contribution >= 0.6 is 34.5 Å². The molecule has 0 bridgehead atoms. The third-order valence-electron chi connectivity index (χ3n) is 4.81. The molecule has 1 aliphatic rings. The van der Waals surface area contributed by atoms with Crippen molar-refractivity contribution >= 4 is 46.3 Å². The van der Waals surface area contributed by atoms with Gasteiger partial charge in [-0.15, -0.1) is 34.5 Å². The van der Waals surface area contributed by atoms with Gasteiger partial charge in [-0.05, 0) is 38.3 Å². The van der Waals surface area contributed by atoms with Crippen LogP contribution in [0.15, 0.2) is 23.6 Å². The van der Waals surface area contributed by atoms with E-state index in [4.69, 9.17) is 27.9 Å². The molecule has 7 heteroatoms. The van der Waals surface area contributed by atoms with Crippen LogP contribution in [0.3, 0.4) is 0 Å². The summed E-state index contributed by atoms with van der Waals surface area (Å²) in [6, 6.07) is 5.91. The number of hydrogen-bond acceptors (Lipinski definition) is 4. The Balaban J connectivity index is 1.68. The van der Waals surface area contributed by atoms with E-state index in [1.165, 1.54) is 4.88 Å². The third kappa shape index (κ3) is 3.37. The van der Waals surface area contributed by atoms with E-state index in [-0.39, 0.29) is 12.4 Å². The highest BCUT2D eigenvalue weighted by molar-refractivity contribution is 7.09. The zero-order valence-electron chi connectivity index (χ0n) is 14.3. The van der Waals surface area contributed by atoms with Crippen molar-refractivity contribution in [3.8, 4) is 0 Å². The van der Waals surface area contributed by atoms with Gasteiger partial charge in [0.05, 0.1) is 6.54 Å². The zero-order valence-corrected chi connectivity index (χ0v) is 16.6. The number of aromatic nitrogens is 1. The first-order valence-corrected chi connectivity index (χ1v) is 9.56. The van der Waals surface area contributed by atoms with E-state index in [1.807, 2.05) is 31.4 Å². The molecule has 3 rings (SSSR count). The maximum atomic E-state index is 12.5. The molecular weight excluding hydrogens is 381 g/mol. The highest BCUT2D eigenvalue weighted by Gasteiger charge is 2.69. The van der Waals surface area contributed by atoms with Crippen molar-refractivity contribution in [1.29, 1.82) is 0 Å². The molecule has 0 radical (unpaired) electrons. The number of esters is 1. The average molecular weight is 400 g/mol. The number of Topliss-reactive ketones (excluding diaryl/α,β-unsaturated/α-hetero) is 1. The number of alkyl halides is 2. The van der Waals surface area contributed by atoms with Crippen molar-refractivity contribution in [2.24, 2.45) is 5.41 Å². The van der Waals surface area contributed by atoms with Gasteiger partial charge in [0.1, 0.15) is 9.75 Å². The van der Waals surface area contributed by atoms with E-state index in [9.17, 15) is 9.59 Å². The first-order chi connectivity index (χ1) is 11.7. The quantitative estimate of drug-likeness (QED) is 0.407. The van der Waals surface area contributed by atoms with E-state index in [0.29, 0.717) is 12.0 Å². The van der Waals surface area contributed by atoms with Gasteiger partial charge < -0.3 is 9.30 Å². The van der Waals surface area contributed by atoms with Gasteiger partial charge in [0.2, 0.25) is 5.78 Å². The van der Waals surface area contributed by atoms with Crippen molar-refractivity contribution in [2.75, 3.05) is 6.61 Å². The second-order valence-electron chi connectivity index (χ2n) is 6.66. The first-order valence-electron chi connectivity index (χ1n) is 7.93. The maximum Gasteiger partial charge on any atom is 0.315 e. The second kappa shape index (κ2) is 6.45. The lowest BCUT2D eigenvalue weighted by Gasteiger charge is -2.11. The minimum atomic E-state index is -1.09. The molecule has 2 aromatic rings. The largest absolute Gasteiger partial charge is 0.457 e. The Morgan fingerprint density at radius 2 is 2.04 bits per heavy atom. The number of carbonyl (C=O) groups excluding carboxylic acids is 2. The molecule has 0 unspecified atom stereocenters. The number of aryl methyl sites for hydroxylation is 1. The van der Waals surface area contributed by atoms with E-state index < -0.39 is 15.7 Å². The Labute approximate surface area is 160 Å². The molecule has 0 amide bonds. The highest BCUT2D eigenvalue weighted by atomic mass is 35.5. The van der Waals surface area contributed by atoms with Crippen LogP contribution in [0.2, 0.25) is 0 Å². The number of hydrogen-bond donors (Lipinski definition) is 0. The van der Waals surface area contributed by atoms with Crippen LogP contribution in [0.4, 0.5) is 0 Å². The Morgan fingerprint density at radius 3 is 2.60 bits per heavy atom. The molecule has 0 aromatic carbocycles. The molecule has 1 fully saturated rings. The lowest BCUT2D eigenvalue weighted by atomic mass is 10.1. The lowest BCUT2D eigenvalue weighted by molar-refractivity contribution is -0.148. The summed E-state index contributed by atoms with van der Waals surface area (Å²) < 4.78 is 6.16. The smallest absolute Gasteiger partial charge is 0.315 e. The fourth-order valence-corrected chi connectivity index (χ4v) is 4.26. The van der Waals surface area contributed by atoms with Crippen molar-refractivity contribution in [3.05, 3.63) is 45.4 Å². The van der Waals surface area contributed by atoms with Crippen molar-refractivity contribution in [2.45, 2.75) is 38.1 Å². The van der Waals surface area contributed by atoms with Crippen LogP contribution in [0.5, 0.6) is 0 Å². The van der Waals surface area contributed by atoms with Gasteiger partial charge in [-0.1, -0.05) is 6.07 Å². The number of carbonyl (C=O) groups is 2. The monoisotopic (exact) mass is 399 g/mol. The van der Waals surface area contributed by atoms with Gasteiger partial charge >= 0.3 is 5.97 Å². The van der Waals surface area contributed by atoms with E-state index in [1.54, 1.807) is 18.3 Å². The summed E-state index contributed by atoms with van der Waals surface area (Å²) >= 11 is 13.6. The molecule has 2 aromatic heterocycles. The van der Waals surface area contributed by atoms with E-state index in [0.717, 1.165) is 17.9 Å². The Morgan fingerprint density at radius 1 is 1.36 bits per heavy atom. The van der Waals surface area contributed by atoms with Gasteiger partial charge in [0.25, 0.3) is 0 Å². The SMILES string of the molecule is Cc1cc(C(=O)COC(=O)[C@]2(C)CC2(Cl)Cl)c(C)n1Cc1cccs1. The Kier molecular flexibility index (Phi) is 4.77. The summed E-state index contributed by atoms with van der Waals surface area (Å²) in [5, 5.41) is 2.03. The maximum absolute atomic E-state index is 12.5. The number of ether oxygens (including phenoxy) is 1. The second-order valence-corrected chi connectivity index (χ2v) is 9.18. The summed E-state index contributed by atoms with van der Waals surface area (Å²) in [6.07, 6.45) is 0.339. The minimum Gasteiger partial charge on any atom is -0.457 e. The van der Waals surface area contributed by atoms with E-state index >= 15 is 0 Å². The molecule has 25 heavy (non-hydrogen) atoms. The van der Waals surface area contributed by atoms with Crippen molar-refractivity contribution in [3.63, 3.8) is 0 Å². The molecule has 0 saturated heterocycles. The van der Waals surface area contributed by atoms with Gasteiger partial charge in [-0.3, -0.25) is 9.59 Å². The van der Waals surface area contributed by atoms with E-state index in [2.05, 4.69) is 10.6 Å². The molecule has 1 saturated carbocycles. The number of halogens is 2. The lowest BCUT2D eigenvalue weighted by Crippen LogP contribution is -2.24. The fraction of sp³-hybridized carbons (Fsp3) is 0.444. The predicted octanol–water partition coefficient (Wildman–Crippen LogP) is 4.52.